The zero-order valence-electron chi connectivity index (χ0n) is 6.79. The molecule has 1 aromatic rings. The van der Waals surface area contributed by atoms with E-state index < -0.39 is 0 Å². The number of nitrogen functional groups attached to an aromatic ring is 1. The average molecular weight is 166 g/mol. The number of H-pyrrole nitrogens is 1. The predicted octanol–water partition coefficient (Wildman–Crippen LogP) is -0.0193. The molecule has 0 aromatic carbocycles. The number of rotatable bonds is 2. The van der Waals surface area contributed by atoms with Gasteiger partial charge in [0.1, 0.15) is 5.69 Å². The molecular formula is C7H10N4O. The number of aromatic amines is 1. The van der Waals surface area contributed by atoms with E-state index >= 15 is 0 Å². The molecule has 5 heteroatoms. The summed E-state index contributed by atoms with van der Waals surface area (Å²) in [6, 6.07) is 1.95. The fraction of sp³-hybridized carbons (Fsp3) is 0.429. The Kier molecular flexibility index (Phi) is 2.19. The minimum absolute atomic E-state index is 0.230. The molecule has 0 bridgehead atoms. The summed E-state index contributed by atoms with van der Waals surface area (Å²) >= 11 is 0. The van der Waals surface area contributed by atoms with Gasteiger partial charge in [0.05, 0.1) is 24.7 Å². The van der Waals surface area contributed by atoms with Crippen molar-refractivity contribution in [1.29, 1.82) is 5.26 Å². The zero-order valence-corrected chi connectivity index (χ0v) is 6.79. The highest BCUT2D eigenvalue weighted by Gasteiger charge is 2.05. The largest absolute Gasteiger partial charge is 0.393 e. The van der Waals surface area contributed by atoms with Crippen molar-refractivity contribution in [2.45, 2.75) is 19.9 Å². The first-order chi connectivity index (χ1) is 5.66. The third-order valence-corrected chi connectivity index (χ3v) is 1.63. The van der Waals surface area contributed by atoms with E-state index in [1.165, 1.54) is 4.68 Å². The molecule has 0 saturated carbocycles. The Labute approximate surface area is 69.4 Å². The van der Waals surface area contributed by atoms with Crippen LogP contribution in [0.15, 0.2) is 4.79 Å². The van der Waals surface area contributed by atoms with E-state index in [1.54, 1.807) is 6.92 Å². The number of nitrogens with zero attached hydrogens (tertiary/aromatic N) is 2. The van der Waals surface area contributed by atoms with Crippen molar-refractivity contribution in [3.8, 4) is 6.07 Å². The van der Waals surface area contributed by atoms with Crippen LogP contribution in [0.1, 0.15) is 12.1 Å². The maximum atomic E-state index is 11.2. The lowest BCUT2D eigenvalue weighted by atomic mass is 10.4. The van der Waals surface area contributed by atoms with E-state index in [-0.39, 0.29) is 11.2 Å². The fourth-order valence-corrected chi connectivity index (χ4v) is 0.938. The van der Waals surface area contributed by atoms with Gasteiger partial charge < -0.3 is 5.73 Å². The van der Waals surface area contributed by atoms with Gasteiger partial charge in [-0.15, -0.1) is 0 Å². The standard InChI is InChI=1S/C7H10N4O/c1-5-6(9)7(12)11(10-5)4-2-3-8/h10H,2,4,9H2,1H3. The molecule has 1 heterocycles. The maximum absolute atomic E-state index is 11.2. The summed E-state index contributed by atoms with van der Waals surface area (Å²) in [7, 11) is 0. The third kappa shape index (κ3) is 1.32. The Morgan fingerprint density at radius 1 is 1.75 bits per heavy atom. The first kappa shape index (κ1) is 8.40. The van der Waals surface area contributed by atoms with Gasteiger partial charge in [-0.1, -0.05) is 0 Å². The number of nitrogens with one attached hydrogen (secondary N) is 1. The van der Waals surface area contributed by atoms with Crippen LogP contribution < -0.4 is 11.3 Å². The van der Waals surface area contributed by atoms with E-state index in [0.29, 0.717) is 18.7 Å². The molecule has 3 N–H and O–H groups in total. The molecule has 0 saturated heterocycles. The lowest BCUT2D eigenvalue weighted by Crippen LogP contribution is -2.18. The van der Waals surface area contributed by atoms with Crippen molar-refractivity contribution < 1.29 is 0 Å². The normalized spacial score (nSPS) is 9.67. The first-order valence-electron chi connectivity index (χ1n) is 3.58. The van der Waals surface area contributed by atoms with Crippen molar-refractivity contribution >= 4 is 5.69 Å². The molecule has 0 aliphatic carbocycles. The molecule has 5 nitrogen and oxygen atoms in total. The van der Waals surface area contributed by atoms with Gasteiger partial charge in [0.25, 0.3) is 5.56 Å². The molecule has 1 aromatic heterocycles. The van der Waals surface area contributed by atoms with Gasteiger partial charge >= 0.3 is 0 Å². The third-order valence-electron chi connectivity index (χ3n) is 1.63. The Morgan fingerprint density at radius 3 is 2.83 bits per heavy atom. The van der Waals surface area contributed by atoms with Crippen LogP contribution in [0.3, 0.4) is 0 Å². The second-order valence-electron chi connectivity index (χ2n) is 2.52. The molecule has 0 aliphatic heterocycles. The summed E-state index contributed by atoms with van der Waals surface area (Å²) in [4.78, 5) is 11.2. The van der Waals surface area contributed by atoms with Crippen LogP contribution in [0.25, 0.3) is 0 Å². The van der Waals surface area contributed by atoms with Crippen LogP contribution in [0.4, 0.5) is 5.69 Å². The maximum Gasteiger partial charge on any atom is 0.289 e. The second-order valence-corrected chi connectivity index (χ2v) is 2.52. The minimum Gasteiger partial charge on any atom is -0.393 e. The molecule has 64 valence electrons. The van der Waals surface area contributed by atoms with Gasteiger partial charge in [-0.3, -0.25) is 14.6 Å². The van der Waals surface area contributed by atoms with Crippen molar-refractivity contribution in [1.82, 2.24) is 9.78 Å². The molecule has 0 radical (unpaired) electrons. The molecule has 1 rings (SSSR count). The number of hydrogen-bond acceptors (Lipinski definition) is 3. The molecule has 12 heavy (non-hydrogen) atoms. The lowest BCUT2D eigenvalue weighted by molar-refractivity contribution is 0.604. The number of anilines is 1. The Morgan fingerprint density at radius 2 is 2.42 bits per heavy atom. The summed E-state index contributed by atoms with van der Waals surface area (Å²) in [5.74, 6) is 0. The van der Waals surface area contributed by atoms with E-state index in [1.807, 2.05) is 6.07 Å². The summed E-state index contributed by atoms with van der Waals surface area (Å²) < 4.78 is 1.34. The highest BCUT2D eigenvalue weighted by Crippen LogP contribution is 1.99. The van der Waals surface area contributed by atoms with Crippen molar-refractivity contribution in [2.75, 3.05) is 5.73 Å². The van der Waals surface area contributed by atoms with Gasteiger partial charge in [-0.25, -0.2) is 0 Å². The van der Waals surface area contributed by atoms with Gasteiger partial charge in [0, 0.05) is 0 Å². The molecular weight excluding hydrogens is 156 g/mol. The van der Waals surface area contributed by atoms with Crippen molar-refractivity contribution in [3.05, 3.63) is 16.0 Å². The SMILES string of the molecule is Cc1[nH]n(CCC#N)c(=O)c1N. The van der Waals surface area contributed by atoms with Crippen LogP contribution in [-0.4, -0.2) is 9.78 Å². The van der Waals surface area contributed by atoms with E-state index in [9.17, 15) is 4.79 Å². The van der Waals surface area contributed by atoms with Crippen molar-refractivity contribution in [3.63, 3.8) is 0 Å². The molecule has 0 aliphatic rings. The molecule has 0 fully saturated rings. The molecule has 0 amide bonds. The fourth-order valence-electron chi connectivity index (χ4n) is 0.938. The van der Waals surface area contributed by atoms with Crippen LogP contribution in [0.5, 0.6) is 0 Å². The smallest absolute Gasteiger partial charge is 0.289 e. The van der Waals surface area contributed by atoms with E-state index in [0.717, 1.165) is 0 Å². The van der Waals surface area contributed by atoms with Crippen molar-refractivity contribution in [2.24, 2.45) is 0 Å². The quantitative estimate of drug-likeness (QED) is 0.647. The number of aryl methyl sites for hydroxylation is 2. The summed E-state index contributed by atoms with van der Waals surface area (Å²) in [5.41, 5.74) is 6.06. The summed E-state index contributed by atoms with van der Waals surface area (Å²) in [5, 5.41) is 11.1. The summed E-state index contributed by atoms with van der Waals surface area (Å²) in [6.07, 6.45) is 0.305. The Balaban J connectivity index is 2.96. The monoisotopic (exact) mass is 166 g/mol. The molecule has 0 spiro atoms. The first-order valence-corrected chi connectivity index (χ1v) is 3.58. The zero-order chi connectivity index (χ0) is 9.14. The van der Waals surface area contributed by atoms with Gasteiger partial charge in [0.2, 0.25) is 0 Å². The van der Waals surface area contributed by atoms with Gasteiger partial charge in [0.15, 0.2) is 0 Å². The second kappa shape index (κ2) is 3.13. The topological polar surface area (TPSA) is 87.6 Å². The number of aromatic nitrogens is 2. The number of nitriles is 1. The Bertz CT molecular complexity index is 368. The number of hydrogen-bond donors (Lipinski definition) is 2. The Hall–Kier alpha value is -1.70. The average Bonchev–Trinajstić information content (AvgIpc) is 2.30. The highest BCUT2D eigenvalue weighted by atomic mass is 16.1. The van der Waals surface area contributed by atoms with E-state index in [4.69, 9.17) is 11.0 Å². The molecule has 0 unspecified atom stereocenters. The van der Waals surface area contributed by atoms with Crippen LogP contribution in [-0.2, 0) is 6.54 Å². The minimum atomic E-state index is -0.247. The van der Waals surface area contributed by atoms with Crippen LogP contribution >= 0.6 is 0 Å². The van der Waals surface area contributed by atoms with Gasteiger partial charge in [-0.2, -0.15) is 5.26 Å². The summed E-state index contributed by atoms with van der Waals surface area (Å²) in [6.45, 7) is 2.09. The lowest BCUT2D eigenvalue weighted by Gasteiger charge is -1.93. The molecule has 0 atom stereocenters. The van der Waals surface area contributed by atoms with Crippen LogP contribution in [0, 0.1) is 18.3 Å². The highest BCUT2D eigenvalue weighted by molar-refractivity contribution is 5.39. The predicted molar refractivity (Wildman–Crippen MR) is 44.4 cm³/mol. The van der Waals surface area contributed by atoms with Crippen LogP contribution in [0.2, 0.25) is 0 Å². The number of nitrogens with two attached hydrogens (primary N) is 1. The van der Waals surface area contributed by atoms with Gasteiger partial charge in [-0.05, 0) is 6.92 Å². The van der Waals surface area contributed by atoms with E-state index in [2.05, 4.69) is 5.10 Å².